The van der Waals surface area contributed by atoms with Gasteiger partial charge in [0, 0.05) is 11.1 Å². The Kier molecular flexibility index (Phi) is 8.17. The Bertz CT molecular complexity index is 1300. The average Bonchev–Trinajstić information content (AvgIpc) is 3.23. The summed E-state index contributed by atoms with van der Waals surface area (Å²) in [4.78, 5) is 21.0. The van der Waals surface area contributed by atoms with Gasteiger partial charge >= 0.3 is 0 Å². The zero-order valence-electron chi connectivity index (χ0n) is 20.7. The minimum atomic E-state index is 0.0219. The van der Waals surface area contributed by atoms with E-state index < -0.39 is 0 Å². The number of methoxy groups -OCH3 is 1. The largest absolute Gasteiger partial charge is 0.493 e. The van der Waals surface area contributed by atoms with E-state index in [-0.39, 0.29) is 11.9 Å². The normalized spacial score (nSPS) is 18.5. The Morgan fingerprint density at radius 3 is 2.49 bits per heavy atom. The fourth-order valence-corrected chi connectivity index (χ4v) is 5.81. The van der Waals surface area contributed by atoms with Crippen LogP contribution >= 0.6 is 23.4 Å². The van der Waals surface area contributed by atoms with Gasteiger partial charge < -0.3 is 9.47 Å². The maximum Gasteiger partial charge on any atom is 0.267 e. The highest BCUT2D eigenvalue weighted by atomic mass is 35.5. The number of ether oxygens (including phenoxy) is 2. The number of amidine groups is 1. The van der Waals surface area contributed by atoms with Crippen LogP contribution in [-0.4, -0.2) is 29.1 Å². The van der Waals surface area contributed by atoms with E-state index in [1.807, 2.05) is 83.8 Å². The fourth-order valence-electron chi connectivity index (χ4n) is 4.63. The Labute approximate surface area is 227 Å². The lowest BCUT2D eigenvalue weighted by Crippen LogP contribution is -2.40. The molecule has 0 radical (unpaired) electrons. The lowest BCUT2D eigenvalue weighted by molar-refractivity contribution is -0.124. The van der Waals surface area contributed by atoms with Gasteiger partial charge in [-0.15, -0.1) is 0 Å². The predicted molar refractivity (Wildman–Crippen MR) is 152 cm³/mol. The van der Waals surface area contributed by atoms with Crippen molar-refractivity contribution in [2.75, 3.05) is 7.11 Å². The monoisotopic (exact) mass is 532 g/mol. The first kappa shape index (κ1) is 25.4. The smallest absolute Gasteiger partial charge is 0.267 e. The molecule has 0 N–H and O–H groups in total. The average molecular weight is 533 g/mol. The van der Waals surface area contributed by atoms with Crippen LogP contribution in [0.4, 0.5) is 5.69 Å². The lowest BCUT2D eigenvalue weighted by Gasteiger charge is -2.30. The summed E-state index contributed by atoms with van der Waals surface area (Å²) in [5, 5.41) is 1.45. The number of nitrogens with zero attached hydrogens (tertiary/aromatic N) is 2. The van der Waals surface area contributed by atoms with Crippen LogP contribution in [0.3, 0.4) is 0 Å². The number of benzene rings is 3. The van der Waals surface area contributed by atoms with E-state index in [2.05, 4.69) is 0 Å². The molecule has 1 aliphatic carbocycles. The molecule has 1 heterocycles. The van der Waals surface area contributed by atoms with Gasteiger partial charge in [0.15, 0.2) is 16.7 Å². The van der Waals surface area contributed by atoms with Crippen molar-refractivity contribution in [3.63, 3.8) is 0 Å². The van der Waals surface area contributed by atoms with Gasteiger partial charge in [0.2, 0.25) is 0 Å². The van der Waals surface area contributed by atoms with Gasteiger partial charge in [-0.2, -0.15) is 0 Å². The van der Waals surface area contributed by atoms with Gasteiger partial charge in [-0.1, -0.05) is 67.3 Å². The van der Waals surface area contributed by atoms with E-state index in [4.69, 9.17) is 26.1 Å². The van der Waals surface area contributed by atoms with Crippen molar-refractivity contribution in [1.29, 1.82) is 0 Å². The van der Waals surface area contributed by atoms with E-state index in [1.54, 1.807) is 7.11 Å². The van der Waals surface area contributed by atoms with Crippen LogP contribution in [0, 0.1) is 0 Å². The summed E-state index contributed by atoms with van der Waals surface area (Å²) in [7, 11) is 1.62. The van der Waals surface area contributed by atoms with Crippen LogP contribution in [0.5, 0.6) is 11.5 Å². The summed E-state index contributed by atoms with van der Waals surface area (Å²) in [5.74, 6) is 1.27. The van der Waals surface area contributed by atoms with E-state index in [0.717, 1.165) is 47.7 Å². The molecule has 1 aliphatic heterocycles. The van der Waals surface area contributed by atoms with Crippen molar-refractivity contribution in [3.8, 4) is 11.5 Å². The number of carbonyl (C=O) groups is 1. The minimum absolute atomic E-state index is 0.0219. The van der Waals surface area contributed by atoms with Gasteiger partial charge in [0.05, 0.1) is 17.7 Å². The topological polar surface area (TPSA) is 51.1 Å². The SMILES string of the molecule is COc1cc(/C=C2\SC(=Nc3ccccc3)N(C3CCCCC3)C2=O)ccc1OCc1ccc(Cl)cc1. The molecule has 3 aromatic rings. The van der Waals surface area contributed by atoms with Crippen molar-refractivity contribution in [1.82, 2.24) is 4.90 Å². The van der Waals surface area contributed by atoms with Gasteiger partial charge in [0.25, 0.3) is 5.91 Å². The number of aliphatic imine (C=N–C) groups is 1. The quantitative estimate of drug-likeness (QED) is 0.290. The van der Waals surface area contributed by atoms with Crippen LogP contribution in [0.2, 0.25) is 5.02 Å². The van der Waals surface area contributed by atoms with E-state index in [0.29, 0.717) is 28.0 Å². The number of amides is 1. The van der Waals surface area contributed by atoms with E-state index in [9.17, 15) is 4.79 Å². The Balaban J connectivity index is 1.38. The maximum atomic E-state index is 13.6. The van der Waals surface area contributed by atoms with Crippen LogP contribution in [-0.2, 0) is 11.4 Å². The summed E-state index contributed by atoms with van der Waals surface area (Å²) in [6.45, 7) is 0.401. The first-order chi connectivity index (χ1) is 18.1. The number of thioether (sulfide) groups is 1. The van der Waals surface area contributed by atoms with Gasteiger partial charge in [-0.05, 0) is 78.2 Å². The third-order valence-electron chi connectivity index (χ3n) is 6.55. The third kappa shape index (κ3) is 6.20. The standard InChI is InChI=1S/C30H29ClN2O3S/c1-35-27-18-22(14-17-26(27)36-20-21-12-15-23(31)16-13-21)19-28-29(34)33(25-10-6-3-7-11-25)30(37-28)32-24-8-4-2-5-9-24/h2,4-5,8-9,12-19,25H,3,6-7,10-11,20H2,1H3/b28-19-,32-30?. The zero-order chi connectivity index (χ0) is 25.6. The molecule has 5 rings (SSSR count). The van der Waals surface area contributed by atoms with Crippen LogP contribution in [0.1, 0.15) is 43.2 Å². The van der Waals surface area contributed by atoms with Crippen LogP contribution in [0.15, 0.2) is 82.7 Å². The first-order valence-corrected chi connectivity index (χ1v) is 13.7. The lowest BCUT2D eigenvalue weighted by atomic mass is 9.94. The van der Waals surface area contributed by atoms with Crippen molar-refractivity contribution in [2.45, 2.75) is 44.8 Å². The molecule has 7 heteroatoms. The highest BCUT2D eigenvalue weighted by molar-refractivity contribution is 8.18. The summed E-state index contributed by atoms with van der Waals surface area (Å²) in [5.41, 5.74) is 2.73. The molecule has 0 aromatic heterocycles. The number of para-hydroxylation sites is 1. The summed E-state index contributed by atoms with van der Waals surface area (Å²) >= 11 is 7.42. The molecule has 0 atom stereocenters. The number of halogens is 1. The summed E-state index contributed by atoms with van der Waals surface area (Å²) < 4.78 is 11.6. The van der Waals surface area contributed by atoms with Crippen LogP contribution < -0.4 is 9.47 Å². The summed E-state index contributed by atoms with van der Waals surface area (Å²) in [6.07, 6.45) is 7.46. The van der Waals surface area contributed by atoms with Crippen molar-refractivity contribution in [3.05, 3.63) is 93.9 Å². The number of hydrogen-bond acceptors (Lipinski definition) is 5. The second-order valence-electron chi connectivity index (χ2n) is 9.13. The van der Waals surface area contributed by atoms with Crippen molar-refractivity contribution in [2.24, 2.45) is 4.99 Å². The molecule has 190 valence electrons. The fraction of sp³-hybridized carbons (Fsp3) is 0.267. The second kappa shape index (κ2) is 11.9. The molecule has 0 spiro atoms. The second-order valence-corrected chi connectivity index (χ2v) is 10.6. The molecule has 1 amide bonds. The molecule has 1 saturated heterocycles. The third-order valence-corrected chi connectivity index (χ3v) is 7.79. The minimum Gasteiger partial charge on any atom is -0.493 e. The molecule has 0 unspecified atom stereocenters. The maximum absolute atomic E-state index is 13.6. The highest BCUT2D eigenvalue weighted by Gasteiger charge is 2.38. The Hall–Kier alpha value is -3.22. The molecule has 0 bridgehead atoms. The number of rotatable bonds is 7. The number of hydrogen-bond donors (Lipinski definition) is 0. The molecular weight excluding hydrogens is 504 g/mol. The Morgan fingerprint density at radius 2 is 1.76 bits per heavy atom. The Morgan fingerprint density at radius 1 is 1.00 bits per heavy atom. The highest BCUT2D eigenvalue weighted by Crippen LogP contribution is 2.39. The van der Waals surface area contributed by atoms with Crippen molar-refractivity contribution >= 4 is 46.2 Å². The van der Waals surface area contributed by atoms with Gasteiger partial charge in [-0.3, -0.25) is 9.69 Å². The number of carbonyl (C=O) groups excluding carboxylic acids is 1. The molecular formula is C30H29ClN2O3S. The van der Waals surface area contributed by atoms with Crippen molar-refractivity contribution < 1.29 is 14.3 Å². The molecule has 3 aromatic carbocycles. The van der Waals surface area contributed by atoms with Gasteiger partial charge in [-0.25, -0.2) is 4.99 Å². The van der Waals surface area contributed by atoms with Crippen LogP contribution in [0.25, 0.3) is 6.08 Å². The summed E-state index contributed by atoms with van der Waals surface area (Å²) in [6, 6.07) is 23.3. The molecule has 2 aliphatic rings. The van der Waals surface area contributed by atoms with E-state index in [1.165, 1.54) is 18.2 Å². The van der Waals surface area contributed by atoms with Gasteiger partial charge in [0.1, 0.15) is 6.61 Å². The molecule has 2 fully saturated rings. The molecule has 5 nitrogen and oxygen atoms in total. The molecule has 1 saturated carbocycles. The molecule has 37 heavy (non-hydrogen) atoms. The first-order valence-electron chi connectivity index (χ1n) is 12.5. The predicted octanol–water partition coefficient (Wildman–Crippen LogP) is 7.86. The van der Waals surface area contributed by atoms with E-state index >= 15 is 0 Å². The zero-order valence-corrected chi connectivity index (χ0v) is 22.3.